The molecule has 2 aromatic carbocycles. The van der Waals surface area contributed by atoms with E-state index in [4.69, 9.17) is 39.9 Å². The molecule has 0 amide bonds. The fraction of sp³-hybridized carbons (Fsp3) is 0.250. The van der Waals surface area contributed by atoms with Gasteiger partial charge in [-0.25, -0.2) is 5.84 Å². The molecule has 0 atom stereocenters. The minimum Gasteiger partial charge on any atom is -0.505 e. The average molecular weight is 595 g/mol. The molecule has 39 heavy (non-hydrogen) atoms. The molecule has 3 aromatic rings. The van der Waals surface area contributed by atoms with Gasteiger partial charge in [-0.05, 0) is 49.7 Å². The summed E-state index contributed by atoms with van der Waals surface area (Å²) in [6.07, 6.45) is -10.1. The molecule has 0 spiro atoms. The zero-order valence-corrected chi connectivity index (χ0v) is 21.7. The maximum absolute atomic E-state index is 13.2. The first-order valence-electron chi connectivity index (χ1n) is 10.8. The number of rotatable bonds is 6. The van der Waals surface area contributed by atoms with Crippen molar-refractivity contribution >= 4 is 34.6 Å². The van der Waals surface area contributed by atoms with Gasteiger partial charge < -0.3 is 20.5 Å². The first-order chi connectivity index (χ1) is 17.8. The normalized spacial score (nSPS) is 13.3. The van der Waals surface area contributed by atoms with Gasteiger partial charge >= 0.3 is 12.4 Å². The fourth-order valence-corrected chi connectivity index (χ4v) is 3.91. The summed E-state index contributed by atoms with van der Waals surface area (Å²) in [7, 11) is 0. The topological polar surface area (TPSA) is 122 Å². The summed E-state index contributed by atoms with van der Waals surface area (Å²) in [6.45, 7) is 1.94. The van der Waals surface area contributed by atoms with Crippen LogP contribution in [0.1, 0.15) is 41.8 Å². The van der Waals surface area contributed by atoms with E-state index in [2.05, 4.69) is 5.16 Å². The van der Waals surface area contributed by atoms with Crippen LogP contribution < -0.4 is 11.6 Å². The van der Waals surface area contributed by atoms with E-state index in [1.54, 1.807) is 12.1 Å². The smallest absolute Gasteiger partial charge is 0.416 e. The Balaban J connectivity index is 2.06. The van der Waals surface area contributed by atoms with Crippen molar-refractivity contribution in [2.75, 3.05) is 0 Å². The van der Waals surface area contributed by atoms with Crippen molar-refractivity contribution in [3.8, 4) is 11.3 Å². The molecule has 0 aliphatic rings. The molecule has 0 radical (unpaired) electrons. The van der Waals surface area contributed by atoms with Gasteiger partial charge in [-0.3, -0.25) is 5.01 Å². The predicted molar refractivity (Wildman–Crippen MR) is 135 cm³/mol. The van der Waals surface area contributed by atoms with E-state index in [9.17, 15) is 36.6 Å². The monoisotopic (exact) mass is 594 g/mol. The maximum atomic E-state index is 13.2. The number of hydrogen-bond donors (Lipinski definition) is 4. The minimum absolute atomic E-state index is 0.0247. The van der Waals surface area contributed by atoms with Gasteiger partial charge in [-0.15, -0.1) is 0 Å². The van der Waals surface area contributed by atoms with E-state index in [1.165, 1.54) is 26.0 Å². The van der Waals surface area contributed by atoms with Crippen LogP contribution in [0.25, 0.3) is 17.1 Å². The molecule has 1 aromatic heterocycles. The van der Waals surface area contributed by atoms with Crippen molar-refractivity contribution in [3.05, 3.63) is 81.1 Å². The molecular weight excluding hydrogens is 574 g/mol. The Morgan fingerprint density at radius 1 is 1.05 bits per heavy atom. The highest BCUT2D eigenvalue weighted by Gasteiger charge is 2.37. The van der Waals surface area contributed by atoms with E-state index in [-0.39, 0.29) is 33.7 Å². The van der Waals surface area contributed by atoms with E-state index in [0.717, 1.165) is 0 Å². The Kier molecular flexibility index (Phi) is 8.27. The van der Waals surface area contributed by atoms with Crippen molar-refractivity contribution in [1.29, 1.82) is 0 Å². The van der Waals surface area contributed by atoms with Crippen LogP contribution in [0.3, 0.4) is 0 Å². The molecule has 0 aliphatic heterocycles. The van der Waals surface area contributed by atoms with Crippen molar-refractivity contribution < 1.29 is 41.1 Å². The average Bonchev–Trinajstić information content (AvgIpc) is 3.27. The van der Waals surface area contributed by atoms with Crippen LogP contribution in [-0.4, -0.2) is 25.4 Å². The van der Waals surface area contributed by atoms with Gasteiger partial charge in [0, 0.05) is 5.56 Å². The van der Waals surface area contributed by atoms with E-state index in [1.807, 2.05) is 0 Å². The summed E-state index contributed by atoms with van der Waals surface area (Å²) < 4.78 is 84.7. The number of nitrogens with two attached hydrogens (primary N) is 2. The molecular formula is C24H21ClF6N4O3S. The lowest BCUT2D eigenvalue weighted by Crippen LogP contribution is -2.39. The van der Waals surface area contributed by atoms with E-state index >= 15 is 0 Å². The molecule has 0 aliphatic carbocycles. The van der Waals surface area contributed by atoms with Crippen LogP contribution >= 0.6 is 23.8 Å². The number of aliphatic hydroxyl groups is 2. The summed E-state index contributed by atoms with van der Waals surface area (Å²) in [6, 6.07) is 7.24. The first kappa shape index (κ1) is 30.2. The van der Waals surface area contributed by atoms with Gasteiger partial charge in [0.25, 0.3) is 0 Å². The molecule has 3 rings (SSSR count). The largest absolute Gasteiger partial charge is 0.505 e. The van der Waals surface area contributed by atoms with Crippen molar-refractivity contribution in [3.63, 3.8) is 0 Å². The van der Waals surface area contributed by atoms with E-state index in [0.29, 0.717) is 17.1 Å². The van der Waals surface area contributed by atoms with Crippen molar-refractivity contribution in [1.82, 2.24) is 10.2 Å². The van der Waals surface area contributed by atoms with Crippen LogP contribution in [0, 0.1) is 0 Å². The Morgan fingerprint density at radius 2 is 1.59 bits per heavy atom. The lowest BCUT2D eigenvalue weighted by Gasteiger charge is -2.22. The quantitative estimate of drug-likeness (QED) is 0.0670. The van der Waals surface area contributed by atoms with Gasteiger partial charge in [0.05, 0.1) is 28.3 Å². The second kappa shape index (κ2) is 10.7. The summed E-state index contributed by atoms with van der Waals surface area (Å²) >= 11 is 11.4. The van der Waals surface area contributed by atoms with Crippen LogP contribution in [0.15, 0.2) is 52.7 Å². The third-order valence-corrected chi connectivity index (χ3v) is 6.16. The highest BCUT2D eigenvalue weighted by Crippen LogP contribution is 2.40. The summed E-state index contributed by atoms with van der Waals surface area (Å²) in [5.41, 5.74) is 0.0727. The van der Waals surface area contributed by atoms with Crippen LogP contribution in [0.2, 0.25) is 5.02 Å². The van der Waals surface area contributed by atoms with Crippen molar-refractivity contribution in [2.45, 2.75) is 38.3 Å². The van der Waals surface area contributed by atoms with Crippen LogP contribution in [0.5, 0.6) is 0 Å². The standard InChI is InChI=1S/C24H21ClF6N4O3S/c1-22(2,37)20-16(19(38-34-20)14-5-3-4-6-15(14)25)18(36)17(32)21(39)35(33)10-11-7-12(23(26,27)28)9-13(8-11)24(29,30)31/h3-9,36-37H,10,32-33H2,1-2H3. The number of thiocarbonyl (C=S) groups is 1. The molecule has 0 saturated carbocycles. The zero-order chi connectivity index (χ0) is 29.5. The Bertz CT molecular complexity index is 1400. The van der Waals surface area contributed by atoms with Gasteiger partial charge in [0.2, 0.25) is 0 Å². The summed E-state index contributed by atoms with van der Waals surface area (Å²) in [4.78, 5) is -0.536. The third kappa shape index (κ3) is 6.64. The number of benzene rings is 2. The fourth-order valence-electron chi connectivity index (χ4n) is 3.53. The number of aliphatic hydroxyl groups excluding tert-OH is 1. The first-order valence-corrected chi connectivity index (χ1v) is 11.6. The number of hydrazine groups is 1. The second-order valence-electron chi connectivity index (χ2n) is 8.88. The minimum atomic E-state index is -5.07. The number of alkyl halides is 6. The number of aromatic nitrogens is 1. The lowest BCUT2D eigenvalue weighted by molar-refractivity contribution is -0.143. The molecule has 7 nitrogen and oxygen atoms in total. The molecule has 0 fully saturated rings. The highest BCUT2D eigenvalue weighted by molar-refractivity contribution is 7.80. The zero-order valence-electron chi connectivity index (χ0n) is 20.2. The molecule has 15 heteroatoms. The molecule has 6 N–H and O–H groups in total. The maximum Gasteiger partial charge on any atom is 0.416 e. The number of nitrogens with zero attached hydrogens (tertiary/aromatic N) is 2. The third-order valence-electron chi connectivity index (χ3n) is 5.37. The molecule has 0 saturated heterocycles. The molecule has 210 valence electrons. The number of hydrogen-bond acceptors (Lipinski definition) is 7. The van der Waals surface area contributed by atoms with Gasteiger partial charge in [0.15, 0.2) is 11.5 Å². The summed E-state index contributed by atoms with van der Waals surface area (Å²) in [5, 5.41) is 26.2. The van der Waals surface area contributed by atoms with Crippen LogP contribution in [0.4, 0.5) is 26.3 Å². The Morgan fingerprint density at radius 3 is 2.08 bits per heavy atom. The predicted octanol–water partition coefficient (Wildman–Crippen LogP) is 6.15. The van der Waals surface area contributed by atoms with Crippen molar-refractivity contribution in [2.24, 2.45) is 11.6 Å². The summed E-state index contributed by atoms with van der Waals surface area (Å²) in [5.74, 6) is 4.98. The highest BCUT2D eigenvalue weighted by atomic mass is 35.5. The van der Waals surface area contributed by atoms with Gasteiger partial charge in [-0.1, -0.05) is 41.1 Å². The van der Waals surface area contributed by atoms with Gasteiger partial charge in [0.1, 0.15) is 22.0 Å². The Hall–Kier alpha value is -3.33. The van der Waals surface area contributed by atoms with Gasteiger partial charge in [-0.2, -0.15) is 26.3 Å². The number of halogens is 7. The molecule has 1 heterocycles. The van der Waals surface area contributed by atoms with E-state index < -0.39 is 57.6 Å². The second-order valence-corrected chi connectivity index (χ2v) is 9.68. The molecule has 0 unspecified atom stereocenters. The molecule has 0 bridgehead atoms. The van der Waals surface area contributed by atoms with Crippen LogP contribution in [-0.2, 0) is 24.5 Å². The SMILES string of the molecule is CC(C)(O)c1noc(-c2ccccc2Cl)c1C(O)=C(N)C(=S)N(N)Cc1cc(C(F)(F)F)cc(C(F)(F)F)c1. The lowest BCUT2D eigenvalue weighted by atomic mass is 9.95. The Labute approximate surface area is 228 Å².